The predicted molar refractivity (Wildman–Crippen MR) is 86.8 cm³/mol. The zero-order valence-electron chi connectivity index (χ0n) is 12.1. The number of benzene rings is 2. The summed E-state index contributed by atoms with van der Waals surface area (Å²) in [5, 5.41) is 0. The van der Waals surface area contributed by atoms with E-state index in [-0.39, 0.29) is 0 Å². The van der Waals surface area contributed by atoms with Crippen LogP contribution in [0.25, 0.3) is 11.1 Å². The Morgan fingerprint density at radius 1 is 0.842 bits per heavy atom. The standard InChI is InChI=1S/C18H20Si/c1-15-9-11-17(12-10-15)18-8-6-5-7-16(18)13-14-19(2,3)4/h5-12H,1-4H3. The van der Waals surface area contributed by atoms with E-state index in [1.807, 2.05) is 0 Å². The molecule has 0 radical (unpaired) electrons. The Morgan fingerprint density at radius 2 is 1.47 bits per heavy atom. The quantitative estimate of drug-likeness (QED) is 0.508. The largest absolute Gasteiger partial charge is 0.129 e. The van der Waals surface area contributed by atoms with Gasteiger partial charge in [0.25, 0.3) is 0 Å². The maximum absolute atomic E-state index is 3.45. The van der Waals surface area contributed by atoms with Gasteiger partial charge in [0.05, 0.1) is 0 Å². The normalized spacial score (nSPS) is 10.7. The highest BCUT2D eigenvalue weighted by atomic mass is 28.3. The second kappa shape index (κ2) is 5.46. The molecule has 2 aromatic rings. The first kappa shape index (κ1) is 13.6. The van der Waals surface area contributed by atoms with Crippen LogP contribution in [0.1, 0.15) is 11.1 Å². The lowest BCUT2D eigenvalue weighted by Gasteiger charge is -2.07. The average molecular weight is 264 g/mol. The fourth-order valence-electron chi connectivity index (χ4n) is 1.83. The van der Waals surface area contributed by atoms with Crippen molar-refractivity contribution in [2.45, 2.75) is 26.6 Å². The molecule has 0 aliphatic heterocycles. The van der Waals surface area contributed by atoms with Crippen molar-refractivity contribution < 1.29 is 0 Å². The monoisotopic (exact) mass is 264 g/mol. The third-order valence-electron chi connectivity index (χ3n) is 2.86. The van der Waals surface area contributed by atoms with Crippen LogP contribution in [0.2, 0.25) is 19.6 Å². The van der Waals surface area contributed by atoms with Crippen LogP contribution in [0.15, 0.2) is 48.5 Å². The van der Waals surface area contributed by atoms with Crippen LogP contribution in [-0.2, 0) is 0 Å². The van der Waals surface area contributed by atoms with Crippen molar-refractivity contribution in [3.05, 3.63) is 59.7 Å². The van der Waals surface area contributed by atoms with Gasteiger partial charge in [0, 0.05) is 5.56 Å². The average Bonchev–Trinajstić information content (AvgIpc) is 2.37. The van der Waals surface area contributed by atoms with E-state index in [1.165, 1.54) is 16.7 Å². The lowest BCUT2D eigenvalue weighted by Crippen LogP contribution is -2.16. The first-order chi connectivity index (χ1) is 8.96. The number of rotatable bonds is 1. The fraction of sp³-hybridized carbons (Fsp3) is 0.222. The minimum atomic E-state index is -1.33. The van der Waals surface area contributed by atoms with Gasteiger partial charge >= 0.3 is 0 Å². The third-order valence-corrected chi connectivity index (χ3v) is 3.74. The summed E-state index contributed by atoms with van der Waals surface area (Å²) >= 11 is 0. The predicted octanol–water partition coefficient (Wildman–Crippen LogP) is 4.89. The Morgan fingerprint density at radius 3 is 2.11 bits per heavy atom. The Labute approximate surface area is 117 Å². The molecule has 0 aliphatic rings. The van der Waals surface area contributed by atoms with Crippen LogP contribution in [-0.4, -0.2) is 8.07 Å². The summed E-state index contributed by atoms with van der Waals surface area (Å²) in [5.41, 5.74) is 8.34. The van der Waals surface area contributed by atoms with Crippen molar-refractivity contribution in [1.82, 2.24) is 0 Å². The van der Waals surface area contributed by atoms with Crippen molar-refractivity contribution in [3.63, 3.8) is 0 Å². The van der Waals surface area contributed by atoms with Crippen molar-refractivity contribution in [2.75, 3.05) is 0 Å². The molecule has 2 aromatic carbocycles. The van der Waals surface area contributed by atoms with Gasteiger partial charge in [-0.3, -0.25) is 0 Å². The van der Waals surface area contributed by atoms with Crippen molar-refractivity contribution in [2.24, 2.45) is 0 Å². The highest BCUT2D eigenvalue weighted by molar-refractivity contribution is 6.83. The third kappa shape index (κ3) is 3.84. The molecule has 0 nitrogen and oxygen atoms in total. The number of hydrogen-bond donors (Lipinski definition) is 0. The summed E-state index contributed by atoms with van der Waals surface area (Å²) in [6.45, 7) is 8.93. The summed E-state index contributed by atoms with van der Waals surface area (Å²) in [6, 6.07) is 17.0. The summed E-state index contributed by atoms with van der Waals surface area (Å²) in [4.78, 5) is 0. The maximum Gasteiger partial charge on any atom is 0.129 e. The zero-order valence-corrected chi connectivity index (χ0v) is 13.1. The molecule has 0 aliphatic carbocycles. The van der Waals surface area contributed by atoms with Crippen molar-refractivity contribution in [1.29, 1.82) is 0 Å². The van der Waals surface area contributed by atoms with E-state index in [9.17, 15) is 0 Å². The lowest BCUT2D eigenvalue weighted by molar-refractivity contribution is 1.46. The molecule has 0 bridgehead atoms. The Kier molecular flexibility index (Phi) is 3.92. The highest BCUT2D eigenvalue weighted by Crippen LogP contribution is 2.23. The molecule has 19 heavy (non-hydrogen) atoms. The second-order valence-electron chi connectivity index (χ2n) is 5.91. The summed E-state index contributed by atoms with van der Waals surface area (Å²) in [6.07, 6.45) is 0. The van der Waals surface area contributed by atoms with Crippen LogP contribution in [0.4, 0.5) is 0 Å². The van der Waals surface area contributed by atoms with Crippen LogP contribution in [0.3, 0.4) is 0 Å². The van der Waals surface area contributed by atoms with E-state index in [4.69, 9.17) is 0 Å². The molecule has 1 heteroatoms. The molecular weight excluding hydrogens is 244 g/mol. The molecule has 0 fully saturated rings. The fourth-order valence-corrected chi connectivity index (χ4v) is 2.34. The minimum absolute atomic E-state index is 1.13. The van der Waals surface area contributed by atoms with E-state index < -0.39 is 8.07 Å². The number of hydrogen-bond acceptors (Lipinski definition) is 0. The van der Waals surface area contributed by atoms with Gasteiger partial charge in [-0.1, -0.05) is 73.6 Å². The Hall–Kier alpha value is -1.78. The maximum atomic E-state index is 3.45. The molecule has 2 rings (SSSR count). The molecule has 96 valence electrons. The van der Waals surface area contributed by atoms with Gasteiger partial charge in [0.15, 0.2) is 0 Å². The van der Waals surface area contributed by atoms with Gasteiger partial charge in [-0.05, 0) is 24.1 Å². The van der Waals surface area contributed by atoms with Gasteiger partial charge in [-0.25, -0.2) is 0 Å². The SMILES string of the molecule is Cc1ccc(-c2ccccc2C#C[Si](C)(C)C)cc1. The second-order valence-corrected chi connectivity index (χ2v) is 10.7. The molecule has 0 N–H and O–H groups in total. The van der Waals surface area contributed by atoms with Gasteiger partial charge in [0.2, 0.25) is 0 Å². The molecule has 0 saturated heterocycles. The first-order valence-electron chi connectivity index (χ1n) is 6.65. The smallest absolute Gasteiger partial charge is 0.127 e. The highest BCUT2D eigenvalue weighted by Gasteiger charge is 2.08. The Balaban J connectivity index is 2.46. The van der Waals surface area contributed by atoms with Gasteiger partial charge in [-0.15, -0.1) is 5.54 Å². The molecule has 0 atom stereocenters. The molecular formula is C18H20Si. The van der Waals surface area contributed by atoms with Crippen molar-refractivity contribution >= 4 is 8.07 Å². The van der Waals surface area contributed by atoms with E-state index in [0.29, 0.717) is 0 Å². The molecule has 0 saturated carbocycles. The van der Waals surface area contributed by atoms with Gasteiger partial charge in [-0.2, -0.15) is 0 Å². The summed E-state index contributed by atoms with van der Waals surface area (Å²) in [5.74, 6) is 3.38. The Bertz CT molecular complexity index is 619. The van der Waals surface area contributed by atoms with E-state index >= 15 is 0 Å². The van der Waals surface area contributed by atoms with Crippen LogP contribution < -0.4 is 0 Å². The topological polar surface area (TPSA) is 0 Å². The van der Waals surface area contributed by atoms with Gasteiger partial charge < -0.3 is 0 Å². The number of aryl methyl sites for hydroxylation is 1. The zero-order chi connectivity index (χ0) is 13.9. The van der Waals surface area contributed by atoms with Crippen LogP contribution >= 0.6 is 0 Å². The van der Waals surface area contributed by atoms with E-state index in [0.717, 1.165) is 5.56 Å². The first-order valence-corrected chi connectivity index (χ1v) is 10.1. The van der Waals surface area contributed by atoms with Crippen LogP contribution in [0.5, 0.6) is 0 Å². The molecule has 0 aromatic heterocycles. The molecule has 0 unspecified atom stereocenters. The lowest BCUT2D eigenvalue weighted by atomic mass is 9.99. The minimum Gasteiger partial charge on any atom is -0.127 e. The van der Waals surface area contributed by atoms with Crippen LogP contribution in [0, 0.1) is 18.4 Å². The molecule has 0 heterocycles. The summed E-state index contributed by atoms with van der Waals surface area (Å²) < 4.78 is 0. The van der Waals surface area contributed by atoms with Gasteiger partial charge in [0.1, 0.15) is 8.07 Å². The van der Waals surface area contributed by atoms with E-state index in [2.05, 4.69) is 86.6 Å². The van der Waals surface area contributed by atoms with Crippen molar-refractivity contribution in [3.8, 4) is 22.6 Å². The molecule has 0 amide bonds. The summed E-state index contributed by atoms with van der Waals surface area (Å²) in [7, 11) is -1.33. The molecule has 0 spiro atoms. The van der Waals surface area contributed by atoms with E-state index in [1.54, 1.807) is 0 Å².